The minimum atomic E-state index is -0.221. The molecule has 204 valence electrons. The fourth-order valence-electron chi connectivity index (χ4n) is 5.49. The van der Waals surface area contributed by atoms with E-state index in [4.69, 9.17) is 9.47 Å². The van der Waals surface area contributed by atoms with E-state index in [2.05, 4.69) is 66.9 Å². The Hall–Kier alpha value is -4.05. The van der Waals surface area contributed by atoms with Crippen LogP contribution in [0.1, 0.15) is 47.8 Å². The van der Waals surface area contributed by atoms with E-state index < -0.39 is 0 Å². The van der Waals surface area contributed by atoms with Crippen LogP contribution in [0.5, 0.6) is 0 Å². The molecule has 10 heteroatoms. The molecule has 0 unspecified atom stereocenters. The number of anilines is 3. The lowest BCUT2D eigenvalue weighted by Crippen LogP contribution is -2.36. The van der Waals surface area contributed by atoms with Crippen molar-refractivity contribution >= 4 is 23.2 Å². The van der Waals surface area contributed by atoms with Gasteiger partial charge in [0.25, 0.3) is 5.91 Å². The zero-order valence-electron chi connectivity index (χ0n) is 22.0. The average Bonchev–Trinajstić information content (AvgIpc) is 3.62. The molecular formula is C29H35N7O3. The summed E-state index contributed by atoms with van der Waals surface area (Å²) in [7, 11) is 0. The van der Waals surface area contributed by atoms with Crippen molar-refractivity contribution in [1.82, 2.24) is 25.8 Å². The first-order valence-electron chi connectivity index (χ1n) is 13.8. The van der Waals surface area contributed by atoms with E-state index in [9.17, 15) is 4.79 Å². The number of H-pyrrole nitrogens is 1. The summed E-state index contributed by atoms with van der Waals surface area (Å²) in [6.07, 6.45) is 3.78. The summed E-state index contributed by atoms with van der Waals surface area (Å²) in [4.78, 5) is 20.1. The van der Waals surface area contributed by atoms with Crippen molar-refractivity contribution in [3.63, 3.8) is 0 Å². The lowest BCUT2D eigenvalue weighted by atomic mass is 10.0. The second kappa shape index (κ2) is 11.4. The molecule has 6 rings (SSSR count). The molecule has 3 aromatic rings. The monoisotopic (exact) mass is 529 g/mol. The summed E-state index contributed by atoms with van der Waals surface area (Å²) in [6, 6.07) is 14.2. The van der Waals surface area contributed by atoms with Crippen LogP contribution >= 0.6 is 0 Å². The number of nitrogens with one attached hydrogen (secondary N) is 4. The maximum Gasteiger partial charge on any atom is 0.269 e. The molecule has 1 saturated carbocycles. The highest BCUT2D eigenvalue weighted by Crippen LogP contribution is 2.36. The molecule has 39 heavy (non-hydrogen) atoms. The van der Waals surface area contributed by atoms with E-state index in [1.165, 1.54) is 5.69 Å². The van der Waals surface area contributed by atoms with Crippen LogP contribution in [0.2, 0.25) is 0 Å². The van der Waals surface area contributed by atoms with Crippen LogP contribution in [-0.2, 0) is 9.47 Å². The standard InChI is InChI=1S/C29H35N7O3/c1-19-30-9-2-10-31-29(37)26-16-22(20-3-6-23(7-4-20)36-11-13-38-14-12-36)17-27(32-26)33-28-18-25(34-35-28)21-5-8-24(15-21)39-19/h3-4,6-7,16-18,21,24,30H,1-2,5,8-15H2,(H,31,37)(H2,32,33,34,35)/t21-,24+/m0/s1. The summed E-state index contributed by atoms with van der Waals surface area (Å²) in [5.74, 6) is 1.94. The van der Waals surface area contributed by atoms with Gasteiger partial charge >= 0.3 is 0 Å². The Labute approximate surface area is 228 Å². The number of rotatable bonds is 2. The number of morpholine rings is 1. The molecule has 2 atom stereocenters. The summed E-state index contributed by atoms with van der Waals surface area (Å²) < 4.78 is 11.5. The summed E-state index contributed by atoms with van der Waals surface area (Å²) in [5.41, 5.74) is 4.50. The van der Waals surface area contributed by atoms with Gasteiger partial charge in [0.1, 0.15) is 17.6 Å². The topological polar surface area (TPSA) is 116 Å². The predicted octanol–water partition coefficient (Wildman–Crippen LogP) is 3.90. The molecule has 0 spiro atoms. The number of amides is 1. The lowest BCUT2D eigenvalue weighted by Gasteiger charge is -2.28. The number of hydrogen-bond donors (Lipinski definition) is 4. The van der Waals surface area contributed by atoms with E-state index in [1.807, 2.05) is 18.2 Å². The van der Waals surface area contributed by atoms with Gasteiger partial charge in [-0.15, -0.1) is 0 Å². The quantitative estimate of drug-likeness (QED) is 0.395. The van der Waals surface area contributed by atoms with Crippen LogP contribution in [0.4, 0.5) is 17.3 Å². The normalized spacial score (nSPS) is 22.1. The highest BCUT2D eigenvalue weighted by molar-refractivity contribution is 5.94. The molecule has 3 aliphatic rings. The first-order valence-corrected chi connectivity index (χ1v) is 13.8. The van der Waals surface area contributed by atoms with Crippen molar-refractivity contribution in [2.45, 2.75) is 37.7 Å². The van der Waals surface area contributed by atoms with Crippen LogP contribution < -0.4 is 20.9 Å². The number of aromatic nitrogens is 3. The fourth-order valence-corrected chi connectivity index (χ4v) is 5.49. The molecule has 0 radical (unpaired) electrons. The Morgan fingerprint density at radius 2 is 1.77 bits per heavy atom. The molecule has 4 N–H and O–H groups in total. The van der Waals surface area contributed by atoms with E-state index >= 15 is 0 Å². The van der Waals surface area contributed by atoms with Gasteiger partial charge in [0.15, 0.2) is 11.7 Å². The van der Waals surface area contributed by atoms with Crippen LogP contribution in [0.25, 0.3) is 11.1 Å². The molecular weight excluding hydrogens is 494 g/mol. The van der Waals surface area contributed by atoms with E-state index in [-0.39, 0.29) is 12.0 Å². The number of carbonyl (C=O) groups is 1. The average molecular weight is 530 g/mol. The van der Waals surface area contributed by atoms with Gasteiger partial charge in [-0.2, -0.15) is 5.10 Å². The van der Waals surface area contributed by atoms with Crippen molar-refractivity contribution in [1.29, 1.82) is 0 Å². The fraction of sp³-hybridized carbons (Fsp3) is 0.414. The van der Waals surface area contributed by atoms with Gasteiger partial charge in [0.2, 0.25) is 0 Å². The lowest BCUT2D eigenvalue weighted by molar-refractivity contribution is 0.0947. The first-order chi connectivity index (χ1) is 19.1. The smallest absolute Gasteiger partial charge is 0.269 e. The highest BCUT2D eigenvalue weighted by atomic mass is 16.5. The van der Waals surface area contributed by atoms with Gasteiger partial charge in [-0.05, 0) is 67.7 Å². The minimum Gasteiger partial charge on any atom is -0.476 e. The Morgan fingerprint density at radius 3 is 2.62 bits per heavy atom. The Kier molecular flexibility index (Phi) is 7.36. The number of nitrogens with zero attached hydrogens (tertiary/aromatic N) is 3. The van der Waals surface area contributed by atoms with E-state index in [1.54, 1.807) is 0 Å². The molecule has 2 aliphatic heterocycles. The van der Waals surface area contributed by atoms with Gasteiger partial charge < -0.3 is 30.3 Å². The molecule has 6 bridgehead atoms. The van der Waals surface area contributed by atoms with E-state index in [0.717, 1.165) is 68.8 Å². The minimum absolute atomic E-state index is 0.129. The van der Waals surface area contributed by atoms with Crippen molar-refractivity contribution in [3.8, 4) is 11.1 Å². The first kappa shape index (κ1) is 25.2. The molecule has 1 aromatic carbocycles. The molecule has 2 aromatic heterocycles. The molecule has 1 aliphatic carbocycles. The molecule has 1 saturated heterocycles. The van der Waals surface area contributed by atoms with Gasteiger partial charge in [-0.3, -0.25) is 9.89 Å². The molecule has 1 amide bonds. The number of hydrogen-bond acceptors (Lipinski definition) is 8. The Bertz CT molecular complexity index is 1320. The SMILES string of the molecule is C=C1NCCCNC(=O)c2cc(-c3ccc(N4CCOCC4)cc3)cc(n2)Nc2cc([nH]n2)[C@H]2CC[C@H](C2)O1. The predicted molar refractivity (Wildman–Crippen MR) is 150 cm³/mol. The van der Waals surface area contributed by atoms with Crippen molar-refractivity contribution in [3.05, 3.63) is 66.3 Å². The zero-order valence-corrected chi connectivity index (χ0v) is 22.0. The maximum atomic E-state index is 13.1. The molecule has 2 fully saturated rings. The summed E-state index contributed by atoms with van der Waals surface area (Å²) >= 11 is 0. The maximum absolute atomic E-state index is 13.1. The largest absolute Gasteiger partial charge is 0.476 e. The Balaban J connectivity index is 1.28. The van der Waals surface area contributed by atoms with Crippen molar-refractivity contribution in [2.24, 2.45) is 0 Å². The zero-order chi connectivity index (χ0) is 26.6. The third kappa shape index (κ3) is 6.01. The highest BCUT2D eigenvalue weighted by Gasteiger charge is 2.29. The van der Waals surface area contributed by atoms with Gasteiger partial charge in [0.05, 0.1) is 13.2 Å². The number of benzene rings is 1. The number of carbonyl (C=O) groups excluding carboxylic acids is 1. The van der Waals surface area contributed by atoms with E-state index in [0.29, 0.717) is 42.2 Å². The number of pyridine rings is 1. The molecule has 10 nitrogen and oxygen atoms in total. The number of ether oxygens (including phenoxy) is 2. The third-order valence-electron chi connectivity index (χ3n) is 7.58. The second-order valence-electron chi connectivity index (χ2n) is 10.3. The van der Waals surface area contributed by atoms with Gasteiger partial charge in [-0.25, -0.2) is 4.98 Å². The van der Waals surface area contributed by atoms with Crippen LogP contribution in [0.15, 0.2) is 54.9 Å². The molecule has 4 heterocycles. The van der Waals surface area contributed by atoms with Crippen LogP contribution in [-0.4, -0.2) is 66.6 Å². The van der Waals surface area contributed by atoms with Crippen molar-refractivity contribution < 1.29 is 14.3 Å². The summed E-state index contributed by atoms with van der Waals surface area (Å²) in [5, 5.41) is 17.2. The van der Waals surface area contributed by atoms with Crippen molar-refractivity contribution in [2.75, 3.05) is 49.6 Å². The number of fused-ring (bicyclic) bond motifs is 7. The van der Waals surface area contributed by atoms with Gasteiger partial charge in [0, 0.05) is 49.5 Å². The summed E-state index contributed by atoms with van der Waals surface area (Å²) in [6.45, 7) is 8.44. The third-order valence-corrected chi connectivity index (χ3v) is 7.58. The number of aromatic amines is 1. The van der Waals surface area contributed by atoms with Crippen LogP contribution in [0, 0.1) is 0 Å². The Morgan fingerprint density at radius 1 is 0.949 bits per heavy atom. The van der Waals surface area contributed by atoms with Gasteiger partial charge in [-0.1, -0.05) is 12.1 Å². The second-order valence-corrected chi connectivity index (χ2v) is 10.3. The van der Waals surface area contributed by atoms with Crippen LogP contribution in [0.3, 0.4) is 0 Å².